The average Bonchev–Trinajstić information content (AvgIpc) is 3.32. The van der Waals surface area contributed by atoms with E-state index >= 15 is 0 Å². The first-order valence-corrected chi connectivity index (χ1v) is 11.3. The molecular weight excluding hydrogens is 384 g/mol. The minimum absolute atomic E-state index is 0.00132. The summed E-state index contributed by atoms with van der Waals surface area (Å²) in [6.45, 7) is 3.76. The van der Waals surface area contributed by atoms with Crippen LogP contribution in [0.25, 0.3) is 0 Å². The summed E-state index contributed by atoms with van der Waals surface area (Å²) < 4.78 is 5.22. The molecule has 1 heterocycles. The molecule has 0 aromatic carbocycles. The Morgan fingerprint density at radius 1 is 1.30 bits per heavy atom. The summed E-state index contributed by atoms with van der Waals surface area (Å²) in [5.41, 5.74) is 1.19. The van der Waals surface area contributed by atoms with Gasteiger partial charge in [-0.2, -0.15) is 0 Å². The van der Waals surface area contributed by atoms with Crippen molar-refractivity contribution in [2.75, 3.05) is 6.61 Å². The van der Waals surface area contributed by atoms with Crippen molar-refractivity contribution in [2.45, 2.75) is 89.4 Å². The normalized spacial score (nSPS) is 27.3. The maximum Gasteiger partial charge on any atom is 0.326 e. The van der Waals surface area contributed by atoms with Gasteiger partial charge in [0.05, 0.1) is 12.6 Å². The van der Waals surface area contributed by atoms with Crippen LogP contribution in [-0.4, -0.2) is 58.6 Å². The number of esters is 1. The number of aliphatic carboxylic acids is 1. The quantitative estimate of drug-likeness (QED) is 0.559. The van der Waals surface area contributed by atoms with Crippen LogP contribution in [-0.2, 0) is 19.1 Å². The van der Waals surface area contributed by atoms with E-state index in [0.717, 1.165) is 38.5 Å². The SMILES string of the molecule is CCOC(=O)[C@H](CCC1=CCCC=C1)N[C@@H](C)C(=O)N1[C@H](C(=O)O)C[C@@H]2CCC[C@@H]21. The zero-order valence-corrected chi connectivity index (χ0v) is 18.0. The second-order valence-corrected chi connectivity index (χ2v) is 8.58. The molecule has 166 valence electrons. The molecule has 1 amide bonds. The number of hydrogen-bond donors (Lipinski definition) is 2. The van der Waals surface area contributed by atoms with Crippen LogP contribution in [0.3, 0.4) is 0 Å². The van der Waals surface area contributed by atoms with Gasteiger partial charge >= 0.3 is 11.9 Å². The Labute approximate surface area is 178 Å². The molecule has 1 saturated heterocycles. The Balaban J connectivity index is 1.67. The van der Waals surface area contributed by atoms with E-state index in [2.05, 4.69) is 23.5 Å². The molecule has 2 N–H and O–H groups in total. The lowest BCUT2D eigenvalue weighted by atomic mass is 9.99. The number of ether oxygens (including phenoxy) is 1. The van der Waals surface area contributed by atoms with Crippen LogP contribution in [0.5, 0.6) is 0 Å². The molecule has 1 aliphatic heterocycles. The van der Waals surface area contributed by atoms with Gasteiger partial charge < -0.3 is 14.7 Å². The third-order valence-electron chi connectivity index (χ3n) is 6.56. The Bertz CT molecular complexity index is 716. The number of carboxylic acid groups (broad SMARTS) is 1. The third kappa shape index (κ3) is 5.12. The summed E-state index contributed by atoms with van der Waals surface area (Å²) in [5, 5.41) is 12.8. The van der Waals surface area contributed by atoms with Crippen LogP contribution >= 0.6 is 0 Å². The summed E-state index contributed by atoms with van der Waals surface area (Å²) in [5.74, 6) is -1.27. The number of likely N-dealkylation sites (tertiary alicyclic amines) is 1. The number of fused-ring (bicyclic) bond motifs is 1. The number of carbonyl (C=O) groups excluding carboxylic acids is 2. The van der Waals surface area contributed by atoms with E-state index < -0.39 is 24.1 Å². The highest BCUT2D eigenvalue weighted by Gasteiger charge is 2.49. The third-order valence-corrected chi connectivity index (χ3v) is 6.56. The first kappa shape index (κ1) is 22.5. The summed E-state index contributed by atoms with van der Waals surface area (Å²) >= 11 is 0. The molecule has 7 nitrogen and oxygen atoms in total. The summed E-state index contributed by atoms with van der Waals surface area (Å²) in [6.07, 6.45) is 13.1. The molecule has 3 aliphatic rings. The van der Waals surface area contributed by atoms with Crippen molar-refractivity contribution in [3.8, 4) is 0 Å². The maximum absolute atomic E-state index is 13.3. The number of amides is 1. The smallest absolute Gasteiger partial charge is 0.326 e. The highest BCUT2D eigenvalue weighted by atomic mass is 16.5. The molecule has 0 spiro atoms. The lowest BCUT2D eigenvalue weighted by Crippen LogP contribution is -2.55. The van der Waals surface area contributed by atoms with E-state index in [-0.39, 0.29) is 30.4 Å². The van der Waals surface area contributed by atoms with Crippen molar-refractivity contribution in [3.63, 3.8) is 0 Å². The van der Waals surface area contributed by atoms with Crippen LogP contribution in [0.2, 0.25) is 0 Å². The standard InChI is InChI=1S/C23H34N2O5/c1-3-30-23(29)18(13-12-16-8-5-4-6-9-16)24-15(2)21(26)25-19-11-7-10-17(19)14-20(25)22(27)28/h5,8-9,15,17-20,24H,3-4,6-7,10-14H2,1-2H3,(H,27,28)/t15-,17-,18-,19-,20-/m0/s1. The monoisotopic (exact) mass is 418 g/mol. The van der Waals surface area contributed by atoms with E-state index in [9.17, 15) is 19.5 Å². The first-order valence-electron chi connectivity index (χ1n) is 11.3. The van der Waals surface area contributed by atoms with Crippen LogP contribution in [0.4, 0.5) is 0 Å². The molecule has 0 radical (unpaired) electrons. The number of nitrogens with zero attached hydrogens (tertiary/aromatic N) is 1. The van der Waals surface area contributed by atoms with Crippen LogP contribution in [0.15, 0.2) is 23.8 Å². The molecule has 7 heteroatoms. The highest BCUT2D eigenvalue weighted by molar-refractivity contribution is 5.88. The lowest BCUT2D eigenvalue weighted by Gasteiger charge is -2.32. The molecule has 2 aliphatic carbocycles. The predicted molar refractivity (Wildman–Crippen MR) is 113 cm³/mol. The molecule has 0 aromatic heterocycles. The van der Waals surface area contributed by atoms with E-state index in [4.69, 9.17) is 4.74 Å². The van der Waals surface area contributed by atoms with Gasteiger partial charge in [-0.1, -0.05) is 30.2 Å². The number of allylic oxidation sites excluding steroid dienone is 4. The van der Waals surface area contributed by atoms with Gasteiger partial charge in [-0.25, -0.2) is 4.79 Å². The van der Waals surface area contributed by atoms with Gasteiger partial charge in [0, 0.05) is 6.04 Å². The minimum atomic E-state index is -0.942. The molecule has 0 aromatic rings. The number of carboxylic acids is 1. The van der Waals surface area contributed by atoms with Crippen LogP contribution in [0.1, 0.15) is 65.2 Å². The summed E-state index contributed by atoms with van der Waals surface area (Å²) in [4.78, 5) is 39.1. The van der Waals surface area contributed by atoms with Gasteiger partial charge in [0.25, 0.3) is 0 Å². The number of hydrogen-bond acceptors (Lipinski definition) is 5. The molecule has 30 heavy (non-hydrogen) atoms. The largest absolute Gasteiger partial charge is 0.480 e. The molecular formula is C23H34N2O5. The van der Waals surface area contributed by atoms with Gasteiger partial charge in [-0.05, 0) is 64.7 Å². The summed E-state index contributed by atoms with van der Waals surface area (Å²) in [7, 11) is 0. The van der Waals surface area contributed by atoms with Gasteiger partial charge in [-0.15, -0.1) is 0 Å². The predicted octanol–water partition coefficient (Wildman–Crippen LogP) is 2.81. The van der Waals surface area contributed by atoms with Crippen LogP contribution < -0.4 is 5.32 Å². The topological polar surface area (TPSA) is 95.9 Å². The van der Waals surface area contributed by atoms with E-state index in [1.54, 1.807) is 18.7 Å². The minimum Gasteiger partial charge on any atom is -0.480 e. The Morgan fingerprint density at radius 2 is 2.10 bits per heavy atom. The second kappa shape index (κ2) is 10.2. The number of rotatable bonds is 9. The number of nitrogens with one attached hydrogen (secondary N) is 1. The molecule has 0 bridgehead atoms. The Hall–Kier alpha value is -2.15. The van der Waals surface area contributed by atoms with E-state index in [1.807, 2.05) is 0 Å². The maximum atomic E-state index is 13.3. The van der Waals surface area contributed by atoms with Gasteiger partial charge in [0.2, 0.25) is 5.91 Å². The molecule has 3 rings (SSSR count). The lowest BCUT2D eigenvalue weighted by molar-refractivity contribution is -0.151. The van der Waals surface area contributed by atoms with Crippen molar-refractivity contribution < 1.29 is 24.2 Å². The fourth-order valence-corrected chi connectivity index (χ4v) is 5.10. The zero-order chi connectivity index (χ0) is 21.7. The highest BCUT2D eigenvalue weighted by Crippen LogP contribution is 2.41. The Kier molecular flexibility index (Phi) is 7.69. The molecule has 0 unspecified atom stereocenters. The zero-order valence-electron chi connectivity index (χ0n) is 18.0. The fourth-order valence-electron chi connectivity index (χ4n) is 5.10. The number of carbonyl (C=O) groups is 3. The first-order chi connectivity index (χ1) is 14.4. The van der Waals surface area contributed by atoms with Crippen molar-refractivity contribution in [3.05, 3.63) is 23.8 Å². The van der Waals surface area contributed by atoms with Crippen molar-refractivity contribution >= 4 is 17.8 Å². The fraction of sp³-hybridized carbons (Fsp3) is 0.696. The molecule has 5 atom stereocenters. The van der Waals surface area contributed by atoms with Crippen LogP contribution in [0, 0.1) is 5.92 Å². The van der Waals surface area contributed by atoms with Crippen molar-refractivity contribution in [1.29, 1.82) is 0 Å². The average molecular weight is 419 g/mol. The molecule has 2 fully saturated rings. The van der Waals surface area contributed by atoms with E-state index in [1.165, 1.54) is 5.57 Å². The second-order valence-electron chi connectivity index (χ2n) is 8.58. The Morgan fingerprint density at radius 3 is 2.77 bits per heavy atom. The van der Waals surface area contributed by atoms with Gasteiger partial charge in [0.1, 0.15) is 12.1 Å². The van der Waals surface area contributed by atoms with Gasteiger partial charge in [0.15, 0.2) is 0 Å². The summed E-state index contributed by atoms with van der Waals surface area (Å²) in [6, 6.07) is -2.03. The van der Waals surface area contributed by atoms with Crippen molar-refractivity contribution in [1.82, 2.24) is 10.2 Å². The van der Waals surface area contributed by atoms with E-state index in [0.29, 0.717) is 12.8 Å². The van der Waals surface area contributed by atoms with Crippen molar-refractivity contribution in [2.24, 2.45) is 5.92 Å². The molecule has 1 saturated carbocycles. The van der Waals surface area contributed by atoms with Gasteiger partial charge in [-0.3, -0.25) is 14.9 Å².